The fourth-order valence-electron chi connectivity index (χ4n) is 3.73. The van der Waals surface area contributed by atoms with Crippen LogP contribution in [0.2, 0.25) is 0 Å². The minimum absolute atomic E-state index is 0.192. The van der Waals surface area contributed by atoms with Crippen LogP contribution < -0.4 is 14.8 Å². The molecule has 0 fully saturated rings. The van der Waals surface area contributed by atoms with E-state index in [0.29, 0.717) is 24.5 Å². The van der Waals surface area contributed by atoms with Crippen LogP contribution in [0.3, 0.4) is 0 Å². The van der Waals surface area contributed by atoms with E-state index >= 15 is 0 Å². The van der Waals surface area contributed by atoms with Crippen molar-refractivity contribution in [1.82, 2.24) is 4.90 Å². The third-order valence-corrected chi connectivity index (χ3v) is 5.48. The highest BCUT2D eigenvalue weighted by Crippen LogP contribution is 2.39. The number of urea groups is 1. The SMILES string of the molecule is COc1cc2c(cc1OC)[C@H](CC(=O)O)N(C(=O)Nc1cccc(C)c1C)CC2. The molecule has 154 valence electrons. The summed E-state index contributed by atoms with van der Waals surface area (Å²) in [5, 5.41) is 12.4. The van der Waals surface area contributed by atoms with Crippen LogP contribution in [-0.2, 0) is 11.2 Å². The maximum absolute atomic E-state index is 13.1. The second-order valence-corrected chi connectivity index (χ2v) is 7.14. The maximum atomic E-state index is 13.1. The number of benzene rings is 2. The first-order valence-corrected chi connectivity index (χ1v) is 9.46. The lowest BCUT2D eigenvalue weighted by molar-refractivity contribution is -0.138. The molecule has 0 saturated heterocycles. The van der Waals surface area contributed by atoms with Gasteiger partial charge in [0.05, 0.1) is 26.7 Å². The number of anilines is 1. The van der Waals surface area contributed by atoms with Crippen LogP contribution in [0, 0.1) is 13.8 Å². The van der Waals surface area contributed by atoms with Crippen molar-refractivity contribution in [1.29, 1.82) is 0 Å². The van der Waals surface area contributed by atoms with Gasteiger partial charge in [-0.05, 0) is 60.7 Å². The topological polar surface area (TPSA) is 88.1 Å². The van der Waals surface area contributed by atoms with Gasteiger partial charge in [0.15, 0.2) is 11.5 Å². The zero-order chi connectivity index (χ0) is 21.1. The number of aliphatic carboxylic acids is 1. The van der Waals surface area contributed by atoms with Gasteiger partial charge in [0, 0.05) is 12.2 Å². The Bertz CT molecular complexity index is 941. The average molecular weight is 398 g/mol. The van der Waals surface area contributed by atoms with Crippen molar-refractivity contribution in [2.75, 3.05) is 26.1 Å². The molecule has 1 heterocycles. The molecule has 29 heavy (non-hydrogen) atoms. The highest BCUT2D eigenvalue weighted by Gasteiger charge is 2.34. The third-order valence-electron chi connectivity index (χ3n) is 5.48. The number of carboxylic acid groups (broad SMARTS) is 1. The Morgan fingerprint density at radius 1 is 1.17 bits per heavy atom. The van der Waals surface area contributed by atoms with E-state index in [0.717, 1.165) is 27.9 Å². The van der Waals surface area contributed by atoms with Crippen LogP contribution in [-0.4, -0.2) is 42.8 Å². The van der Waals surface area contributed by atoms with E-state index in [-0.39, 0.29) is 12.5 Å². The van der Waals surface area contributed by atoms with Crippen molar-refractivity contribution in [3.8, 4) is 11.5 Å². The van der Waals surface area contributed by atoms with Crippen LogP contribution in [0.1, 0.15) is 34.7 Å². The van der Waals surface area contributed by atoms with Gasteiger partial charge in [0.1, 0.15) is 0 Å². The van der Waals surface area contributed by atoms with Crippen molar-refractivity contribution < 1.29 is 24.2 Å². The molecule has 2 aromatic carbocycles. The molecule has 2 aromatic rings. The number of carbonyl (C=O) groups is 2. The highest BCUT2D eigenvalue weighted by atomic mass is 16.5. The number of methoxy groups -OCH3 is 2. The van der Waals surface area contributed by atoms with Crippen molar-refractivity contribution in [3.63, 3.8) is 0 Å². The van der Waals surface area contributed by atoms with Gasteiger partial charge in [0.25, 0.3) is 0 Å². The van der Waals surface area contributed by atoms with E-state index in [1.54, 1.807) is 18.1 Å². The molecule has 7 nitrogen and oxygen atoms in total. The number of aryl methyl sites for hydroxylation is 1. The van der Waals surface area contributed by atoms with Crippen LogP contribution in [0.25, 0.3) is 0 Å². The summed E-state index contributed by atoms with van der Waals surface area (Å²) in [5.41, 5.74) is 4.52. The Balaban J connectivity index is 1.96. The second kappa shape index (κ2) is 8.43. The first-order chi connectivity index (χ1) is 13.8. The first-order valence-electron chi connectivity index (χ1n) is 9.46. The summed E-state index contributed by atoms with van der Waals surface area (Å²) >= 11 is 0. The summed E-state index contributed by atoms with van der Waals surface area (Å²) in [7, 11) is 3.09. The van der Waals surface area contributed by atoms with Gasteiger partial charge in [-0.25, -0.2) is 4.79 Å². The zero-order valence-electron chi connectivity index (χ0n) is 17.1. The second-order valence-electron chi connectivity index (χ2n) is 7.14. The smallest absolute Gasteiger partial charge is 0.322 e. The third kappa shape index (κ3) is 4.13. The molecule has 2 N–H and O–H groups in total. The number of amides is 2. The molecule has 1 atom stereocenters. The van der Waals surface area contributed by atoms with Crippen molar-refractivity contribution in [3.05, 3.63) is 52.6 Å². The van der Waals surface area contributed by atoms with Gasteiger partial charge in [0.2, 0.25) is 0 Å². The summed E-state index contributed by atoms with van der Waals surface area (Å²) in [5.74, 6) is 0.134. The van der Waals surface area contributed by atoms with Crippen LogP contribution in [0.4, 0.5) is 10.5 Å². The number of rotatable bonds is 5. The summed E-state index contributed by atoms with van der Waals surface area (Å²) in [6.45, 7) is 4.34. The number of fused-ring (bicyclic) bond motifs is 1. The molecule has 3 rings (SSSR count). The van der Waals surface area contributed by atoms with Crippen molar-refractivity contribution in [2.24, 2.45) is 0 Å². The predicted octanol–water partition coefficient (Wildman–Crippen LogP) is 3.93. The van der Waals surface area contributed by atoms with Gasteiger partial charge >= 0.3 is 12.0 Å². The molecule has 2 amide bonds. The fraction of sp³-hybridized carbons (Fsp3) is 0.364. The lowest BCUT2D eigenvalue weighted by Crippen LogP contribution is -2.43. The molecule has 7 heteroatoms. The standard InChI is InChI=1S/C22H26N2O5/c1-13-6-5-7-17(14(13)2)23-22(27)24-9-8-15-10-19(28-3)20(29-4)11-16(15)18(24)12-21(25)26/h5-7,10-11,18H,8-9,12H2,1-4H3,(H,23,27)(H,25,26)/t18-/m0/s1. The van der Waals surface area contributed by atoms with Crippen molar-refractivity contribution >= 4 is 17.7 Å². The number of ether oxygens (including phenoxy) is 2. The Morgan fingerprint density at radius 2 is 1.86 bits per heavy atom. The van der Waals surface area contributed by atoms with Gasteiger partial charge in [-0.1, -0.05) is 12.1 Å². The molecule has 0 bridgehead atoms. The molecule has 1 aliphatic rings. The molecule has 1 aliphatic heterocycles. The molecule has 0 unspecified atom stereocenters. The zero-order valence-corrected chi connectivity index (χ0v) is 17.1. The van der Waals surface area contributed by atoms with Crippen LogP contribution >= 0.6 is 0 Å². The van der Waals surface area contributed by atoms with Gasteiger partial charge < -0.3 is 24.8 Å². The van der Waals surface area contributed by atoms with E-state index in [4.69, 9.17) is 9.47 Å². The minimum atomic E-state index is -0.970. The summed E-state index contributed by atoms with van der Waals surface area (Å²) in [6, 6.07) is 8.44. The lowest BCUT2D eigenvalue weighted by Gasteiger charge is -2.37. The van der Waals surface area contributed by atoms with E-state index in [1.807, 2.05) is 38.1 Å². The Kier molecular flexibility index (Phi) is 5.96. The number of carbonyl (C=O) groups excluding carboxylic acids is 1. The number of hydrogen-bond donors (Lipinski definition) is 2. The number of carboxylic acids is 1. The molecule has 0 spiro atoms. The fourth-order valence-corrected chi connectivity index (χ4v) is 3.73. The quantitative estimate of drug-likeness (QED) is 0.797. The van der Waals surface area contributed by atoms with E-state index in [2.05, 4.69) is 5.32 Å². The van der Waals surface area contributed by atoms with Gasteiger partial charge in [-0.15, -0.1) is 0 Å². The van der Waals surface area contributed by atoms with Crippen LogP contribution in [0.15, 0.2) is 30.3 Å². The predicted molar refractivity (Wildman–Crippen MR) is 110 cm³/mol. The number of nitrogens with zero attached hydrogens (tertiary/aromatic N) is 1. The molecule has 0 radical (unpaired) electrons. The minimum Gasteiger partial charge on any atom is -0.493 e. The molecule has 0 aliphatic carbocycles. The normalized spacial score (nSPS) is 15.4. The summed E-state index contributed by atoms with van der Waals surface area (Å²) in [6.07, 6.45) is 0.411. The monoisotopic (exact) mass is 398 g/mol. The Labute approximate surface area is 170 Å². The van der Waals surface area contributed by atoms with E-state index < -0.39 is 12.0 Å². The van der Waals surface area contributed by atoms with Crippen LogP contribution in [0.5, 0.6) is 11.5 Å². The summed E-state index contributed by atoms with van der Waals surface area (Å²) in [4.78, 5) is 26.2. The van der Waals surface area contributed by atoms with Crippen molar-refractivity contribution in [2.45, 2.75) is 32.7 Å². The Morgan fingerprint density at radius 3 is 2.52 bits per heavy atom. The molecule has 0 aromatic heterocycles. The van der Waals surface area contributed by atoms with E-state index in [9.17, 15) is 14.7 Å². The molecular formula is C22H26N2O5. The molecule has 0 saturated carbocycles. The molecular weight excluding hydrogens is 372 g/mol. The number of hydrogen-bond acceptors (Lipinski definition) is 4. The number of nitrogens with one attached hydrogen (secondary N) is 1. The lowest BCUT2D eigenvalue weighted by atomic mass is 9.90. The van der Waals surface area contributed by atoms with Gasteiger partial charge in [-0.3, -0.25) is 4.79 Å². The largest absolute Gasteiger partial charge is 0.493 e. The van der Waals surface area contributed by atoms with Gasteiger partial charge in [-0.2, -0.15) is 0 Å². The highest BCUT2D eigenvalue weighted by molar-refractivity contribution is 5.91. The first kappa shape index (κ1) is 20.5. The Hall–Kier alpha value is -3.22. The summed E-state index contributed by atoms with van der Waals surface area (Å²) < 4.78 is 10.7. The van der Waals surface area contributed by atoms with E-state index in [1.165, 1.54) is 7.11 Å². The average Bonchev–Trinajstić information content (AvgIpc) is 2.70. The maximum Gasteiger partial charge on any atom is 0.322 e.